The van der Waals surface area contributed by atoms with Gasteiger partial charge in [0.1, 0.15) is 18.5 Å². The number of hydrogen-bond acceptors (Lipinski definition) is 5. The molecule has 0 aromatic heterocycles. The summed E-state index contributed by atoms with van der Waals surface area (Å²) in [5.74, 6) is -0.739. The SMILES string of the molecule is CN1C(=O)COCC1C(O)c1ccc(NS(=O)(=O)c2ccc(F)cc2)cc1. The summed E-state index contributed by atoms with van der Waals surface area (Å²) in [6, 6.07) is 10.1. The third kappa shape index (κ3) is 4.26. The summed E-state index contributed by atoms with van der Waals surface area (Å²) in [5.41, 5.74) is 0.814. The van der Waals surface area contributed by atoms with Crippen molar-refractivity contribution in [1.82, 2.24) is 4.90 Å². The molecule has 1 aliphatic heterocycles. The summed E-state index contributed by atoms with van der Waals surface area (Å²) in [4.78, 5) is 13.1. The van der Waals surface area contributed by atoms with Crippen LogP contribution in [0, 0.1) is 5.82 Å². The van der Waals surface area contributed by atoms with Gasteiger partial charge in [0.05, 0.1) is 17.5 Å². The number of aliphatic hydroxyl groups is 1. The number of sulfonamides is 1. The van der Waals surface area contributed by atoms with Crippen molar-refractivity contribution in [3.8, 4) is 0 Å². The number of morpholine rings is 1. The van der Waals surface area contributed by atoms with E-state index in [4.69, 9.17) is 4.74 Å². The number of nitrogens with one attached hydrogen (secondary N) is 1. The number of nitrogens with zero attached hydrogens (tertiary/aromatic N) is 1. The Balaban J connectivity index is 1.73. The van der Waals surface area contributed by atoms with Gasteiger partial charge in [-0.15, -0.1) is 0 Å². The average molecular weight is 394 g/mol. The fourth-order valence-corrected chi connectivity index (χ4v) is 3.83. The summed E-state index contributed by atoms with van der Waals surface area (Å²) in [6.07, 6.45) is -0.970. The van der Waals surface area contributed by atoms with E-state index in [2.05, 4.69) is 4.72 Å². The quantitative estimate of drug-likeness (QED) is 0.802. The Morgan fingerprint density at radius 1 is 1.19 bits per heavy atom. The first-order chi connectivity index (χ1) is 12.8. The molecular weight excluding hydrogens is 375 g/mol. The van der Waals surface area contributed by atoms with Crippen molar-refractivity contribution in [2.24, 2.45) is 0 Å². The second-order valence-electron chi connectivity index (χ2n) is 6.21. The molecule has 0 bridgehead atoms. The minimum atomic E-state index is -3.85. The smallest absolute Gasteiger partial charge is 0.261 e. The van der Waals surface area contributed by atoms with E-state index >= 15 is 0 Å². The Morgan fingerprint density at radius 3 is 2.44 bits per heavy atom. The number of carbonyl (C=O) groups excluding carboxylic acids is 1. The van der Waals surface area contributed by atoms with Crippen LogP contribution in [0.4, 0.5) is 10.1 Å². The molecule has 3 rings (SSSR count). The monoisotopic (exact) mass is 394 g/mol. The highest BCUT2D eigenvalue weighted by molar-refractivity contribution is 7.92. The zero-order valence-electron chi connectivity index (χ0n) is 14.5. The van der Waals surface area contributed by atoms with Gasteiger partial charge in [-0.1, -0.05) is 12.1 Å². The maximum atomic E-state index is 13.0. The first-order valence-corrected chi connectivity index (χ1v) is 9.66. The van der Waals surface area contributed by atoms with Crippen molar-refractivity contribution < 1.29 is 27.4 Å². The Labute approximate surface area is 156 Å². The molecule has 2 unspecified atom stereocenters. The van der Waals surface area contributed by atoms with Gasteiger partial charge in [-0.25, -0.2) is 12.8 Å². The molecule has 1 amide bonds. The second kappa shape index (κ2) is 7.63. The number of anilines is 1. The van der Waals surface area contributed by atoms with Crippen molar-refractivity contribution in [2.45, 2.75) is 17.0 Å². The Kier molecular flexibility index (Phi) is 5.45. The fourth-order valence-electron chi connectivity index (χ4n) is 2.77. The van der Waals surface area contributed by atoms with Gasteiger partial charge in [0.15, 0.2) is 0 Å². The Bertz CT molecular complexity index is 916. The van der Waals surface area contributed by atoms with Crippen LogP contribution in [-0.2, 0) is 19.6 Å². The van der Waals surface area contributed by atoms with Crippen molar-refractivity contribution in [3.63, 3.8) is 0 Å². The van der Waals surface area contributed by atoms with Crippen LogP contribution >= 0.6 is 0 Å². The molecule has 7 nitrogen and oxygen atoms in total. The summed E-state index contributed by atoms with van der Waals surface area (Å²) in [6.45, 7) is 0.201. The molecule has 1 fully saturated rings. The minimum Gasteiger partial charge on any atom is -0.386 e. The number of likely N-dealkylation sites (N-methyl/N-ethyl adjacent to an activating group) is 1. The lowest BCUT2D eigenvalue weighted by Crippen LogP contribution is -2.49. The van der Waals surface area contributed by atoms with Gasteiger partial charge in [-0.05, 0) is 42.0 Å². The number of aliphatic hydroxyl groups excluding tert-OH is 1. The number of rotatable bonds is 5. The molecule has 2 atom stereocenters. The Hall–Kier alpha value is -2.49. The highest BCUT2D eigenvalue weighted by Gasteiger charge is 2.32. The molecule has 0 radical (unpaired) electrons. The molecule has 0 aliphatic carbocycles. The van der Waals surface area contributed by atoms with Gasteiger partial charge < -0.3 is 14.7 Å². The third-order valence-electron chi connectivity index (χ3n) is 4.40. The van der Waals surface area contributed by atoms with E-state index < -0.39 is 28.0 Å². The molecule has 2 N–H and O–H groups in total. The van der Waals surface area contributed by atoms with Crippen LogP contribution in [-0.4, -0.2) is 50.6 Å². The summed E-state index contributed by atoms with van der Waals surface area (Å²) in [7, 11) is -2.25. The maximum Gasteiger partial charge on any atom is 0.261 e. The minimum absolute atomic E-state index is 0.0101. The van der Waals surface area contributed by atoms with Gasteiger partial charge in [-0.3, -0.25) is 9.52 Å². The molecule has 9 heteroatoms. The normalized spacial score (nSPS) is 19.0. The summed E-state index contributed by atoms with van der Waals surface area (Å²) < 4.78 is 45.2. The van der Waals surface area contributed by atoms with Gasteiger partial charge in [0, 0.05) is 12.7 Å². The molecular formula is C18H19FN2O5S. The highest BCUT2D eigenvalue weighted by atomic mass is 32.2. The third-order valence-corrected chi connectivity index (χ3v) is 5.80. The van der Waals surface area contributed by atoms with Crippen LogP contribution in [0.5, 0.6) is 0 Å². The van der Waals surface area contributed by atoms with E-state index in [1.807, 2.05) is 0 Å². The predicted molar refractivity (Wildman–Crippen MR) is 96.0 cm³/mol. The molecule has 0 spiro atoms. The van der Waals surface area contributed by atoms with E-state index in [0.29, 0.717) is 11.3 Å². The number of hydrogen-bond donors (Lipinski definition) is 2. The lowest BCUT2D eigenvalue weighted by Gasteiger charge is -2.35. The molecule has 1 saturated heterocycles. The number of carbonyl (C=O) groups is 1. The number of amides is 1. The van der Waals surface area contributed by atoms with Crippen LogP contribution in [0.25, 0.3) is 0 Å². The van der Waals surface area contributed by atoms with Crippen LogP contribution in [0.3, 0.4) is 0 Å². The molecule has 1 heterocycles. The van der Waals surface area contributed by atoms with Crippen LogP contribution in [0.1, 0.15) is 11.7 Å². The molecule has 27 heavy (non-hydrogen) atoms. The van der Waals surface area contributed by atoms with Crippen molar-refractivity contribution in [1.29, 1.82) is 0 Å². The lowest BCUT2D eigenvalue weighted by atomic mass is 10.0. The standard InChI is InChI=1S/C18H19FN2O5S/c1-21-16(10-26-11-17(21)22)18(23)12-2-6-14(7-3-12)20-27(24,25)15-8-4-13(19)5-9-15/h2-9,16,18,20,23H,10-11H2,1H3. The van der Waals surface area contributed by atoms with E-state index in [1.165, 1.54) is 29.2 Å². The fraction of sp³-hybridized carbons (Fsp3) is 0.278. The predicted octanol–water partition coefficient (Wildman–Crippen LogP) is 1.52. The molecule has 0 saturated carbocycles. The maximum absolute atomic E-state index is 13.0. The van der Waals surface area contributed by atoms with Crippen molar-refractivity contribution in [2.75, 3.05) is 25.0 Å². The first-order valence-electron chi connectivity index (χ1n) is 8.18. The van der Waals surface area contributed by atoms with E-state index in [0.717, 1.165) is 12.1 Å². The molecule has 2 aromatic rings. The average Bonchev–Trinajstić information content (AvgIpc) is 2.64. The number of halogens is 1. The van der Waals surface area contributed by atoms with E-state index in [-0.39, 0.29) is 24.0 Å². The first kappa shape index (κ1) is 19.3. The zero-order valence-corrected chi connectivity index (χ0v) is 15.3. The van der Waals surface area contributed by atoms with E-state index in [1.54, 1.807) is 19.2 Å². The highest BCUT2D eigenvalue weighted by Crippen LogP contribution is 2.25. The van der Waals surface area contributed by atoms with Crippen LogP contribution in [0.15, 0.2) is 53.4 Å². The number of benzene rings is 2. The molecule has 144 valence electrons. The van der Waals surface area contributed by atoms with E-state index in [9.17, 15) is 22.7 Å². The number of ether oxygens (including phenoxy) is 1. The summed E-state index contributed by atoms with van der Waals surface area (Å²) >= 11 is 0. The lowest BCUT2D eigenvalue weighted by molar-refractivity contribution is -0.151. The topological polar surface area (TPSA) is 95.9 Å². The van der Waals surface area contributed by atoms with Gasteiger partial charge >= 0.3 is 0 Å². The molecule has 1 aliphatic rings. The Morgan fingerprint density at radius 2 is 1.81 bits per heavy atom. The summed E-state index contributed by atoms with van der Waals surface area (Å²) in [5, 5.41) is 10.5. The zero-order chi connectivity index (χ0) is 19.6. The van der Waals surface area contributed by atoms with Gasteiger partial charge in [0.25, 0.3) is 10.0 Å². The largest absolute Gasteiger partial charge is 0.386 e. The van der Waals surface area contributed by atoms with Crippen LogP contribution < -0.4 is 4.72 Å². The van der Waals surface area contributed by atoms with Crippen molar-refractivity contribution >= 4 is 21.6 Å². The second-order valence-corrected chi connectivity index (χ2v) is 7.90. The molecule has 2 aromatic carbocycles. The van der Waals surface area contributed by atoms with Crippen LogP contribution in [0.2, 0.25) is 0 Å². The van der Waals surface area contributed by atoms with Crippen molar-refractivity contribution in [3.05, 3.63) is 59.9 Å². The van der Waals surface area contributed by atoms with Gasteiger partial charge in [-0.2, -0.15) is 0 Å². The van der Waals surface area contributed by atoms with Gasteiger partial charge in [0.2, 0.25) is 5.91 Å².